The van der Waals surface area contributed by atoms with E-state index in [1.165, 1.54) is 5.56 Å². The van der Waals surface area contributed by atoms with Gasteiger partial charge in [0.1, 0.15) is 5.76 Å². The van der Waals surface area contributed by atoms with Gasteiger partial charge in [-0.1, -0.05) is 30.3 Å². The van der Waals surface area contributed by atoms with Gasteiger partial charge in [-0.2, -0.15) is 4.98 Å². The van der Waals surface area contributed by atoms with Crippen LogP contribution in [-0.4, -0.2) is 22.3 Å². The molecule has 1 atom stereocenters. The summed E-state index contributed by atoms with van der Waals surface area (Å²) in [6.07, 6.45) is 2.05. The van der Waals surface area contributed by atoms with Gasteiger partial charge >= 0.3 is 6.08 Å². The summed E-state index contributed by atoms with van der Waals surface area (Å²) in [5.41, 5.74) is 0.989. The summed E-state index contributed by atoms with van der Waals surface area (Å²) in [6, 6.07) is 10.1. The van der Waals surface area contributed by atoms with E-state index in [2.05, 4.69) is 17.1 Å². The summed E-state index contributed by atoms with van der Waals surface area (Å²) >= 11 is 0. The second-order valence-corrected chi connectivity index (χ2v) is 5.86. The molecule has 0 aliphatic heterocycles. The molecule has 20 heavy (non-hydrogen) atoms. The zero-order valence-electron chi connectivity index (χ0n) is 12.2. The third-order valence-electron chi connectivity index (χ3n) is 2.96. The van der Waals surface area contributed by atoms with Crippen LogP contribution in [0.25, 0.3) is 0 Å². The van der Waals surface area contributed by atoms with Gasteiger partial charge in [-0.05, 0) is 32.8 Å². The first kappa shape index (κ1) is 14.6. The Morgan fingerprint density at radius 3 is 2.50 bits per heavy atom. The highest BCUT2D eigenvalue weighted by Gasteiger charge is 2.21. The van der Waals surface area contributed by atoms with Gasteiger partial charge < -0.3 is 14.3 Å². The van der Waals surface area contributed by atoms with Crippen LogP contribution < -0.4 is 0 Å². The lowest BCUT2D eigenvalue weighted by Crippen LogP contribution is -2.23. The molecule has 0 saturated heterocycles. The number of benzene rings is 1. The van der Waals surface area contributed by atoms with Crippen molar-refractivity contribution >= 4 is 0 Å². The summed E-state index contributed by atoms with van der Waals surface area (Å²) in [6.45, 7) is 6.58. The van der Waals surface area contributed by atoms with Crippen molar-refractivity contribution < 1.29 is 14.3 Å². The molecule has 108 valence electrons. The van der Waals surface area contributed by atoms with E-state index < -0.39 is 0 Å². The first-order chi connectivity index (χ1) is 9.44. The molecule has 2 aromatic rings. The fourth-order valence-corrected chi connectivity index (χ4v) is 1.96. The van der Waals surface area contributed by atoms with Gasteiger partial charge in [0, 0.05) is 5.92 Å². The zero-order chi connectivity index (χ0) is 14.6. The smallest absolute Gasteiger partial charge is 0.391 e. The Kier molecular flexibility index (Phi) is 4.45. The van der Waals surface area contributed by atoms with Crippen molar-refractivity contribution in [2.24, 2.45) is 0 Å². The van der Waals surface area contributed by atoms with Crippen LogP contribution in [-0.2, 0) is 11.2 Å². The Bertz CT molecular complexity index is 528. The van der Waals surface area contributed by atoms with E-state index >= 15 is 0 Å². The average molecular weight is 275 g/mol. The van der Waals surface area contributed by atoms with Crippen LogP contribution in [0.1, 0.15) is 38.0 Å². The topological polar surface area (TPSA) is 55.5 Å². The van der Waals surface area contributed by atoms with Gasteiger partial charge in [0.15, 0.2) is 0 Å². The predicted octanol–water partition coefficient (Wildman–Crippen LogP) is 3.52. The van der Waals surface area contributed by atoms with E-state index in [4.69, 9.17) is 9.15 Å². The number of aromatic nitrogens is 1. The number of aromatic hydroxyl groups is 1. The molecule has 1 aromatic heterocycles. The fourth-order valence-electron chi connectivity index (χ4n) is 1.96. The molecule has 0 radical (unpaired) electrons. The van der Waals surface area contributed by atoms with Gasteiger partial charge in [0.25, 0.3) is 0 Å². The van der Waals surface area contributed by atoms with Gasteiger partial charge in [-0.25, -0.2) is 0 Å². The minimum Gasteiger partial charge on any atom is -0.466 e. The largest absolute Gasteiger partial charge is 0.466 e. The standard InChI is InChI=1S/C16H21NO3/c1-16(2,3)19-11-13(14-10-17-15(18)20-14)9-12-7-5-4-6-8-12/h4-8,10,13H,9,11H2,1-3H3,(H,17,18)/t13-/m0/s1. The van der Waals surface area contributed by atoms with Crippen LogP contribution in [0.15, 0.2) is 40.9 Å². The maximum absolute atomic E-state index is 9.28. The molecule has 0 unspecified atom stereocenters. The van der Waals surface area contributed by atoms with Gasteiger partial charge in [-0.3, -0.25) is 0 Å². The lowest BCUT2D eigenvalue weighted by molar-refractivity contribution is -0.0132. The molecule has 0 bridgehead atoms. The Balaban J connectivity index is 2.12. The van der Waals surface area contributed by atoms with E-state index in [-0.39, 0.29) is 17.6 Å². The maximum Gasteiger partial charge on any atom is 0.391 e. The number of ether oxygens (including phenoxy) is 1. The van der Waals surface area contributed by atoms with Gasteiger partial charge in [-0.15, -0.1) is 0 Å². The number of hydrogen-bond acceptors (Lipinski definition) is 4. The highest BCUT2D eigenvalue weighted by Crippen LogP contribution is 2.25. The minimum absolute atomic E-state index is 0.0324. The number of oxazole rings is 1. The molecule has 0 aliphatic rings. The Morgan fingerprint density at radius 2 is 1.95 bits per heavy atom. The third-order valence-corrected chi connectivity index (χ3v) is 2.96. The van der Waals surface area contributed by atoms with Crippen LogP contribution in [0.4, 0.5) is 0 Å². The van der Waals surface area contributed by atoms with Gasteiger partial charge in [0.2, 0.25) is 0 Å². The summed E-state index contributed by atoms with van der Waals surface area (Å²) in [7, 11) is 0. The van der Waals surface area contributed by atoms with E-state index in [9.17, 15) is 5.11 Å². The molecule has 0 amide bonds. The Hall–Kier alpha value is -1.81. The second kappa shape index (κ2) is 6.09. The molecule has 0 spiro atoms. The molecule has 1 aromatic carbocycles. The molecule has 0 saturated carbocycles. The molecule has 0 aliphatic carbocycles. The van der Waals surface area contributed by atoms with Crippen molar-refractivity contribution in [1.29, 1.82) is 0 Å². The molecule has 1 N–H and O–H groups in total. The first-order valence-corrected chi connectivity index (χ1v) is 6.76. The molecule has 2 rings (SSSR count). The SMILES string of the molecule is CC(C)(C)OC[C@H](Cc1ccccc1)c1cnc(O)o1. The molecule has 0 fully saturated rings. The van der Waals surface area contributed by atoms with Crippen LogP contribution in [0.2, 0.25) is 0 Å². The normalized spacial score (nSPS) is 13.3. The fraction of sp³-hybridized carbons (Fsp3) is 0.438. The van der Waals surface area contributed by atoms with Crippen LogP contribution in [0, 0.1) is 0 Å². The summed E-state index contributed by atoms with van der Waals surface area (Å²) in [5, 5.41) is 9.28. The van der Waals surface area contributed by atoms with E-state index in [1.807, 2.05) is 39.0 Å². The van der Waals surface area contributed by atoms with Crippen molar-refractivity contribution in [3.05, 3.63) is 47.9 Å². The Labute approximate surface area is 119 Å². The van der Waals surface area contributed by atoms with Crippen LogP contribution in [0.3, 0.4) is 0 Å². The minimum atomic E-state index is -0.297. The zero-order valence-corrected chi connectivity index (χ0v) is 12.2. The summed E-state index contributed by atoms with van der Waals surface area (Å²) in [4.78, 5) is 3.76. The predicted molar refractivity (Wildman–Crippen MR) is 76.8 cm³/mol. The lowest BCUT2D eigenvalue weighted by Gasteiger charge is -2.23. The third kappa shape index (κ3) is 4.38. The number of rotatable bonds is 5. The number of nitrogens with zero attached hydrogens (tertiary/aromatic N) is 1. The molecular weight excluding hydrogens is 254 g/mol. The summed E-state index contributed by atoms with van der Waals surface area (Å²) in [5.74, 6) is 0.681. The quantitative estimate of drug-likeness (QED) is 0.907. The molecule has 1 heterocycles. The first-order valence-electron chi connectivity index (χ1n) is 6.76. The highest BCUT2D eigenvalue weighted by atomic mass is 16.5. The van der Waals surface area contributed by atoms with Crippen molar-refractivity contribution in [3.63, 3.8) is 0 Å². The van der Waals surface area contributed by atoms with Gasteiger partial charge in [0.05, 0.1) is 18.4 Å². The second-order valence-electron chi connectivity index (χ2n) is 5.86. The Morgan fingerprint density at radius 1 is 1.25 bits per heavy atom. The van der Waals surface area contributed by atoms with Crippen molar-refractivity contribution in [2.45, 2.75) is 38.7 Å². The summed E-state index contributed by atoms with van der Waals surface area (Å²) < 4.78 is 11.1. The average Bonchev–Trinajstić information content (AvgIpc) is 2.81. The monoisotopic (exact) mass is 275 g/mol. The van der Waals surface area contributed by atoms with Crippen LogP contribution >= 0.6 is 0 Å². The van der Waals surface area contributed by atoms with Crippen molar-refractivity contribution in [3.8, 4) is 6.08 Å². The van der Waals surface area contributed by atoms with Crippen LogP contribution in [0.5, 0.6) is 6.08 Å². The molecule has 4 heteroatoms. The lowest BCUT2D eigenvalue weighted by atomic mass is 9.98. The molecule has 4 nitrogen and oxygen atoms in total. The van der Waals surface area contributed by atoms with Crippen molar-refractivity contribution in [1.82, 2.24) is 4.98 Å². The van der Waals surface area contributed by atoms with E-state index in [1.54, 1.807) is 6.20 Å². The van der Waals surface area contributed by atoms with Crippen molar-refractivity contribution in [2.75, 3.05) is 6.61 Å². The molecular formula is C16H21NO3. The van der Waals surface area contributed by atoms with E-state index in [0.29, 0.717) is 12.4 Å². The maximum atomic E-state index is 9.28. The highest BCUT2D eigenvalue weighted by molar-refractivity contribution is 5.18. The number of hydrogen-bond donors (Lipinski definition) is 1. The van der Waals surface area contributed by atoms with E-state index in [0.717, 1.165) is 6.42 Å².